The zero-order valence-electron chi connectivity index (χ0n) is 35.4. The molecule has 0 fully saturated rings. The minimum atomic E-state index is -1.60. The van der Waals surface area contributed by atoms with Crippen LogP contribution in [0.1, 0.15) is 56.9 Å². The lowest BCUT2D eigenvalue weighted by molar-refractivity contribution is -0.136. The Labute approximate surface area is 352 Å². The Bertz CT molecular complexity index is 1990. The van der Waals surface area contributed by atoms with Gasteiger partial charge in [-0.1, -0.05) is 113 Å². The molecular formula is C46H59N5O9. The lowest BCUT2D eigenvalue weighted by Gasteiger charge is -2.35. The Balaban J connectivity index is 1.60. The van der Waals surface area contributed by atoms with Crippen molar-refractivity contribution >= 4 is 23.8 Å². The lowest BCUT2D eigenvalue weighted by atomic mass is 9.85. The molecule has 14 heteroatoms. The average Bonchev–Trinajstić information content (AvgIpc) is 3.22. The number of carbonyl (C=O) groups excluding carboxylic acids is 4. The van der Waals surface area contributed by atoms with Crippen LogP contribution < -0.4 is 36.1 Å². The number of hydrogen-bond donors (Lipinski definition) is 7. The van der Waals surface area contributed by atoms with E-state index in [1.807, 2.05) is 74.5 Å². The molecule has 0 unspecified atom stereocenters. The summed E-state index contributed by atoms with van der Waals surface area (Å²) in [4.78, 5) is 55.4. The third-order valence-corrected chi connectivity index (χ3v) is 9.95. The van der Waals surface area contributed by atoms with Crippen molar-refractivity contribution in [3.63, 3.8) is 0 Å². The zero-order chi connectivity index (χ0) is 43.8. The topological polar surface area (TPSA) is 197 Å². The van der Waals surface area contributed by atoms with E-state index < -0.39 is 59.5 Å². The molecule has 0 bridgehead atoms. The van der Waals surface area contributed by atoms with Crippen molar-refractivity contribution in [1.82, 2.24) is 26.6 Å². The molecule has 0 aromatic heterocycles. The normalized spacial score (nSPS) is 13.9. The van der Waals surface area contributed by atoms with Gasteiger partial charge >= 0.3 is 6.09 Å². The SMILES string of the molecule is COc1ccc(CN[C@@H](C(=O)NC(=O)[C@@H](NCc2ccc(OC)cc2O)C(C)C)[C@H](O)[C@H](Cc2ccccc2)NC(=O)[C@@H](NC(=O)OCc2ccccc2)C(C)(C)C)cc1. The number of aromatic hydroxyl groups is 1. The summed E-state index contributed by atoms with van der Waals surface area (Å²) >= 11 is 0. The maximum atomic E-state index is 14.3. The number of amides is 4. The molecule has 14 nitrogen and oxygen atoms in total. The highest BCUT2D eigenvalue weighted by molar-refractivity contribution is 6.00. The number of phenolic OH excluding ortho intramolecular Hbond substituents is 1. The van der Waals surface area contributed by atoms with Crippen molar-refractivity contribution < 1.29 is 43.6 Å². The number of imide groups is 1. The van der Waals surface area contributed by atoms with Gasteiger partial charge in [-0.15, -0.1) is 0 Å². The van der Waals surface area contributed by atoms with E-state index in [-0.39, 0.29) is 37.8 Å². The van der Waals surface area contributed by atoms with Crippen LogP contribution in [0.15, 0.2) is 103 Å². The molecule has 0 saturated heterocycles. The van der Waals surface area contributed by atoms with E-state index in [1.165, 1.54) is 13.2 Å². The van der Waals surface area contributed by atoms with Gasteiger partial charge < -0.3 is 40.4 Å². The number of benzene rings is 4. The lowest BCUT2D eigenvalue weighted by Crippen LogP contribution is -2.63. The molecule has 4 rings (SSSR count). The van der Waals surface area contributed by atoms with Crippen molar-refractivity contribution in [3.8, 4) is 17.2 Å². The van der Waals surface area contributed by atoms with Crippen LogP contribution in [0.2, 0.25) is 0 Å². The Hall–Kier alpha value is -5.96. The summed E-state index contributed by atoms with van der Waals surface area (Å²) in [7, 11) is 3.04. The first-order valence-electron chi connectivity index (χ1n) is 19.9. The summed E-state index contributed by atoms with van der Waals surface area (Å²) in [5.41, 5.74) is 1.98. The summed E-state index contributed by atoms with van der Waals surface area (Å²) in [5.74, 6) is -1.31. The number of hydrogen-bond acceptors (Lipinski definition) is 11. The molecule has 0 aliphatic rings. The number of methoxy groups -OCH3 is 2. The number of aliphatic hydroxyl groups excluding tert-OH is 1. The Kier molecular flexibility index (Phi) is 17.5. The fraction of sp³-hybridized carbons (Fsp3) is 0.391. The first-order valence-corrected chi connectivity index (χ1v) is 19.9. The standard InChI is InChI=1S/C46H59N5O9/c1-29(2)38(48-27-33-20-23-35(59-7)25-37(33)52)42(54)51-43(55)39(47-26-31-18-21-34(58-6)22-19-31)40(53)36(24-30-14-10-8-11-15-30)49-44(56)41(46(3,4)5)50-45(57)60-28-32-16-12-9-13-17-32/h8-23,25,29,36,38-41,47-48,52-53H,24,26-28H2,1-7H3,(H,49,56)(H,50,57)(H,51,54,55)/t36-,38-,39+,40+,41+/m0/s1. The van der Waals surface area contributed by atoms with Gasteiger partial charge in [0.25, 0.3) is 0 Å². The van der Waals surface area contributed by atoms with E-state index in [0.717, 1.165) is 16.7 Å². The Morgan fingerprint density at radius 3 is 1.80 bits per heavy atom. The zero-order valence-corrected chi connectivity index (χ0v) is 35.4. The summed E-state index contributed by atoms with van der Waals surface area (Å²) in [5, 5.41) is 37.1. The van der Waals surface area contributed by atoms with Gasteiger partial charge in [-0.2, -0.15) is 0 Å². The Morgan fingerprint density at radius 2 is 1.23 bits per heavy atom. The molecule has 0 aliphatic heterocycles. The first-order chi connectivity index (χ1) is 28.6. The van der Waals surface area contributed by atoms with E-state index in [4.69, 9.17) is 14.2 Å². The van der Waals surface area contributed by atoms with E-state index in [0.29, 0.717) is 17.1 Å². The minimum absolute atomic E-state index is 0.00693. The molecule has 4 aromatic carbocycles. The molecule has 322 valence electrons. The number of ether oxygens (including phenoxy) is 3. The van der Waals surface area contributed by atoms with Crippen molar-refractivity contribution in [1.29, 1.82) is 0 Å². The van der Waals surface area contributed by atoms with Crippen LogP contribution in [0, 0.1) is 11.3 Å². The predicted molar refractivity (Wildman–Crippen MR) is 228 cm³/mol. The molecule has 5 atom stereocenters. The largest absolute Gasteiger partial charge is 0.507 e. The van der Waals surface area contributed by atoms with Crippen molar-refractivity contribution in [2.45, 2.75) is 91.0 Å². The van der Waals surface area contributed by atoms with E-state index in [9.17, 15) is 29.4 Å². The van der Waals surface area contributed by atoms with Gasteiger partial charge in [0.15, 0.2) is 0 Å². The van der Waals surface area contributed by atoms with Crippen LogP contribution in [0.4, 0.5) is 4.79 Å². The highest BCUT2D eigenvalue weighted by Crippen LogP contribution is 2.24. The molecule has 0 heterocycles. The van der Waals surface area contributed by atoms with Crippen LogP contribution in [0.3, 0.4) is 0 Å². The van der Waals surface area contributed by atoms with Gasteiger partial charge in [-0.05, 0) is 52.6 Å². The Morgan fingerprint density at radius 1 is 0.667 bits per heavy atom. The van der Waals surface area contributed by atoms with Gasteiger partial charge in [0, 0.05) is 24.7 Å². The molecule has 60 heavy (non-hydrogen) atoms. The van der Waals surface area contributed by atoms with Gasteiger partial charge in [-0.25, -0.2) is 4.79 Å². The van der Waals surface area contributed by atoms with E-state index in [1.54, 1.807) is 64.3 Å². The molecule has 0 aliphatic carbocycles. The fourth-order valence-electron chi connectivity index (χ4n) is 6.47. The van der Waals surface area contributed by atoms with E-state index in [2.05, 4.69) is 26.6 Å². The second kappa shape index (κ2) is 22.4. The quantitative estimate of drug-likeness (QED) is 0.0650. The smallest absolute Gasteiger partial charge is 0.408 e. The van der Waals surface area contributed by atoms with Gasteiger partial charge in [0.1, 0.15) is 35.9 Å². The minimum Gasteiger partial charge on any atom is -0.507 e. The molecule has 0 saturated carbocycles. The highest BCUT2D eigenvalue weighted by atomic mass is 16.5. The predicted octanol–water partition coefficient (Wildman–Crippen LogP) is 4.75. The summed E-state index contributed by atoms with van der Waals surface area (Å²) in [6, 6.07) is 25.7. The summed E-state index contributed by atoms with van der Waals surface area (Å²) in [6.45, 7) is 9.17. The van der Waals surface area contributed by atoms with Crippen LogP contribution in [0.25, 0.3) is 0 Å². The van der Waals surface area contributed by atoms with Gasteiger partial charge in [-0.3, -0.25) is 25.0 Å². The summed E-state index contributed by atoms with van der Waals surface area (Å²) in [6.07, 6.45) is -2.32. The molecule has 7 N–H and O–H groups in total. The first kappa shape index (κ1) is 46.7. The average molecular weight is 826 g/mol. The van der Waals surface area contributed by atoms with Crippen LogP contribution >= 0.6 is 0 Å². The molecule has 4 amide bonds. The second-order valence-electron chi connectivity index (χ2n) is 16.0. The molecule has 0 spiro atoms. The van der Waals surface area contributed by atoms with Crippen LogP contribution in [-0.2, 0) is 45.2 Å². The van der Waals surface area contributed by atoms with Gasteiger partial charge in [0.2, 0.25) is 17.7 Å². The van der Waals surface area contributed by atoms with Crippen molar-refractivity contribution in [2.75, 3.05) is 14.2 Å². The third kappa shape index (κ3) is 14.1. The second-order valence-corrected chi connectivity index (χ2v) is 16.0. The number of nitrogens with one attached hydrogen (secondary N) is 5. The van der Waals surface area contributed by atoms with E-state index >= 15 is 0 Å². The molecule has 4 aromatic rings. The van der Waals surface area contributed by atoms with Crippen LogP contribution in [0.5, 0.6) is 17.2 Å². The number of carbonyl (C=O) groups is 4. The van der Waals surface area contributed by atoms with Crippen molar-refractivity contribution in [3.05, 3.63) is 125 Å². The highest BCUT2D eigenvalue weighted by Gasteiger charge is 2.39. The molecule has 0 radical (unpaired) electrons. The number of aliphatic hydroxyl groups is 1. The summed E-state index contributed by atoms with van der Waals surface area (Å²) < 4.78 is 15.9. The van der Waals surface area contributed by atoms with Gasteiger partial charge in [0.05, 0.1) is 32.4 Å². The molecular weight excluding hydrogens is 767 g/mol. The monoisotopic (exact) mass is 825 g/mol. The van der Waals surface area contributed by atoms with Crippen molar-refractivity contribution in [2.24, 2.45) is 11.3 Å². The number of rotatable bonds is 20. The maximum absolute atomic E-state index is 14.3. The third-order valence-electron chi connectivity index (χ3n) is 9.95. The van der Waals surface area contributed by atoms with Crippen LogP contribution in [-0.4, -0.2) is 78.5 Å². The fourth-order valence-corrected chi connectivity index (χ4v) is 6.47. The number of phenols is 1. The number of alkyl carbamates (subject to hydrolysis) is 1. The maximum Gasteiger partial charge on any atom is 0.408 e.